The van der Waals surface area contributed by atoms with Gasteiger partial charge in [0, 0.05) is 0 Å². The molecule has 0 bridgehead atoms. The minimum atomic E-state index is 0.748. The lowest BCUT2D eigenvalue weighted by molar-refractivity contribution is 0.203. The summed E-state index contributed by atoms with van der Waals surface area (Å²) >= 11 is 0. The van der Waals surface area contributed by atoms with E-state index in [1.807, 2.05) is 0 Å². The number of allylic oxidation sites excluding steroid dienone is 1. The van der Waals surface area contributed by atoms with Crippen molar-refractivity contribution in [2.45, 2.75) is 90.9 Å². The van der Waals surface area contributed by atoms with Gasteiger partial charge in [0.2, 0.25) is 0 Å². The molecule has 0 radical (unpaired) electrons. The smallest absolute Gasteiger partial charge is 0.0727 e. The second-order valence-corrected chi connectivity index (χ2v) is 6.99. The molecule has 23 heavy (non-hydrogen) atoms. The van der Waals surface area contributed by atoms with E-state index in [4.69, 9.17) is 4.74 Å². The molecule has 1 aliphatic heterocycles. The highest BCUT2D eigenvalue weighted by Crippen LogP contribution is 2.30. The van der Waals surface area contributed by atoms with Gasteiger partial charge in [0.25, 0.3) is 0 Å². The van der Waals surface area contributed by atoms with E-state index in [-0.39, 0.29) is 0 Å². The second kappa shape index (κ2) is 12.6. The summed E-state index contributed by atoms with van der Waals surface area (Å²) in [5, 5.41) is 0. The molecule has 0 atom stereocenters. The Morgan fingerprint density at radius 1 is 0.826 bits per heavy atom. The molecule has 0 aliphatic carbocycles. The number of rotatable bonds is 14. The van der Waals surface area contributed by atoms with Gasteiger partial charge in [0.1, 0.15) is 0 Å². The van der Waals surface area contributed by atoms with Crippen LogP contribution in [0.15, 0.2) is 35.5 Å². The molecule has 0 fully saturated rings. The van der Waals surface area contributed by atoms with Crippen LogP contribution in [0.4, 0.5) is 0 Å². The van der Waals surface area contributed by atoms with Gasteiger partial charge in [-0.2, -0.15) is 0 Å². The standard InChI is InChI=1S/C22H38O/c1-5-7-9-11-13-15-19(3)20(4)22-18-23-17-21(22)16-14-12-10-8-6-2/h3-18H2,1-2H3. The predicted molar refractivity (Wildman–Crippen MR) is 103 cm³/mol. The first-order valence-electron chi connectivity index (χ1n) is 9.86. The summed E-state index contributed by atoms with van der Waals surface area (Å²) in [7, 11) is 0. The molecular formula is C22H38O. The molecule has 1 nitrogen and oxygen atoms in total. The molecule has 1 aliphatic rings. The third-order valence-electron chi connectivity index (χ3n) is 4.90. The van der Waals surface area contributed by atoms with Crippen molar-refractivity contribution >= 4 is 0 Å². The average Bonchev–Trinajstić information content (AvgIpc) is 3.02. The van der Waals surface area contributed by atoms with Crippen molar-refractivity contribution in [3.05, 3.63) is 35.5 Å². The topological polar surface area (TPSA) is 9.23 Å². The van der Waals surface area contributed by atoms with Crippen LogP contribution in [-0.2, 0) is 4.74 Å². The molecule has 0 saturated carbocycles. The summed E-state index contributed by atoms with van der Waals surface area (Å²) in [4.78, 5) is 0. The van der Waals surface area contributed by atoms with Crippen LogP contribution in [-0.4, -0.2) is 13.2 Å². The van der Waals surface area contributed by atoms with Gasteiger partial charge in [-0.25, -0.2) is 0 Å². The van der Waals surface area contributed by atoms with Crippen molar-refractivity contribution in [1.82, 2.24) is 0 Å². The average molecular weight is 319 g/mol. The molecule has 1 heterocycles. The van der Waals surface area contributed by atoms with E-state index in [9.17, 15) is 0 Å². The van der Waals surface area contributed by atoms with Crippen LogP contribution < -0.4 is 0 Å². The Balaban J connectivity index is 2.35. The lowest BCUT2D eigenvalue weighted by Crippen LogP contribution is -1.97. The number of hydrogen-bond donors (Lipinski definition) is 0. The van der Waals surface area contributed by atoms with E-state index in [2.05, 4.69) is 27.0 Å². The molecule has 0 aromatic carbocycles. The molecular weight excluding hydrogens is 280 g/mol. The van der Waals surface area contributed by atoms with Crippen LogP contribution in [0.3, 0.4) is 0 Å². The highest BCUT2D eigenvalue weighted by atomic mass is 16.5. The fourth-order valence-corrected chi connectivity index (χ4v) is 3.24. The molecule has 0 amide bonds. The first-order valence-corrected chi connectivity index (χ1v) is 9.86. The summed E-state index contributed by atoms with van der Waals surface area (Å²) < 4.78 is 5.70. The van der Waals surface area contributed by atoms with Gasteiger partial charge in [0.15, 0.2) is 0 Å². The van der Waals surface area contributed by atoms with Crippen molar-refractivity contribution < 1.29 is 4.74 Å². The Labute approximate surface area is 144 Å². The lowest BCUT2D eigenvalue weighted by atomic mass is 9.92. The van der Waals surface area contributed by atoms with Crippen LogP contribution >= 0.6 is 0 Å². The normalized spacial score (nSPS) is 14.5. The van der Waals surface area contributed by atoms with E-state index >= 15 is 0 Å². The molecule has 0 aromatic heterocycles. The summed E-state index contributed by atoms with van der Waals surface area (Å²) in [6.45, 7) is 14.7. The second-order valence-electron chi connectivity index (χ2n) is 6.99. The molecule has 132 valence electrons. The zero-order chi connectivity index (χ0) is 16.9. The van der Waals surface area contributed by atoms with Crippen LogP contribution in [0.1, 0.15) is 90.9 Å². The van der Waals surface area contributed by atoms with Crippen LogP contribution in [0.2, 0.25) is 0 Å². The number of unbranched alkanes of at least 4 members (excludes halogenated alkanes) is 8. The monoisotopic (exact) mass is 318 g/mol. The van der Waals surface area contributed by atoms with Gasteiger partial charge >= 0.3 is 0 Å². The first-order chi connectivity index (χ1) is 11.2. The number of ether oxygens (including phenoxy) is 1. The Morgan fingerprint density at radius 3 is 2.09 bits per heavy atom. The predicted octanol–water partition coefficient (Wildman–Crippen LogP) is 7.15. The van der Waals surface area contributed by atoms with Gasteiger partial charge < -0.3 is 4.74 Å². The van der Waals surface area contributed by atoms with E-state index in [0.717, 1.165) is 19.6 Å². The first kappa shape index (κ1) is 20.2. The van der Waals surface area contributed by atoms with Crippen molar-refractivity contribution in [3.8, 4) is 0 Å². The van der Waals surface area contributed by atoms with Crippen molar-refractivity contribution in [2.24, 2.45) is 0 Å². The van der Waals surface area contributed by atoms with E-state index < -0.39 is 0 Å². The molecule has 1 rings (SSSR count). The minimum absolute atomic E-state index is 0.748. The molecule has 0 spiro atoms. The van der Waals surface area contributed by atoms with Gasteiger partial charge in [-0.3, -0.25) is 0 Å². The van der Waals surface area contributed by atoms with Crippen LogP contribution in [0, 0.1) is 0 Å². The molecule has 0 saturated heterocycles. The third kappa shape index (κ3) is 8.01. The zero-order valence-corrected chi connectivity index (χ0v) is 15.7. The fraction of sp³-hybridized carbons (Fsp3) is 0.727. The highest BCUT2D eigenvalue weighted by Gasteiger charge is 2.18. The van der Waals surface area contributed by atoms with Gasteiger partial charge in [0.05, 0.1) is 13.2 Å². The summed E-state index contributed by atoms with van der Waals surface area (Å²) in [6, 6.07) is 0. The van der Waals surface area contributed by atoms with E-state index in [0.29, 0.717) is 0 Å². The fourth-order valence-electron chi connectivity index (χ4n) is 3.24. The SMILES string of the molecule is C=C(CCCCCCC)C(=C)C1=C(CCCCCCC)COC1. The summed E-state index contributed by atoms with van der Waals surface area (Å²) in [5.41, 5.74) is 5.24. The minimum Gasteiger partial charge on any atom is -0.372 e. The quantitative estimate of drug-likeness (QED) is 0.244. The Bertz CT molecular complexity index is 389. The highest BCUT2D eigenvalue weighted by molar-refractivity contribution is 5.47. The van der Waals surface area contributed by atoms with Crippen molar-refractivity contribution in [3.63, 3.8) is 0 Å². The van der Waals surface area contributed by atoms with Gasteiger partial charge in [-0.05, 0) is 48.0 Å². The van der Waals surface area contributed by atoms with E-state index in [1.165, 1.54) is 92.9 Å². The third-order valence-corrected chi connectivity index (χ3v) is 4.90. The Morgan fingerprint density at radius 2 is 1.43 bits per heavy atom. The summed E-state index contributed by atoms with van der Waals surface area (Å²) in [5.74, 6) is 0. The van der Waals surface area contributed by atoms with E-state index in [1.54, 1.807) is 0 Å². The van der Waals surface area contributed by atoms with Gasteiger partial charge in [-0.15, -0.1) is 0 Å². The van der Waals surface area contributed by atoms with Crippen molar-refractivity contribution in [1.29, 1.82) is 0 Å². The Hall–Kier alpha value is -0.820. The zero-order valence-electron chi connectivity index (χ0n) is 15.7. The van der Waals surface area contributed by atoms with Gasteiger partial charge in [-0.1, -0.05) is 78.4 Å². The molecule has 0 aromatic rings. The largest absolute Gasteiger partial charge is 0.372 e. The molecule has 0 N–H and O–H groups in total. The van der Waals surface area contributed by atoms with Crippen LogP contribution in [0.5, 0.6) is 0 Å². The maximum atomic E-state index is 5.70. The van der Waals surface area contributed by atoms with Crippen LogP contribution in [0.25, 0.3) is 0 Å². The Kier molecular flexibility index (Phi) is 11.1. The molecule has 0 unspecified atom stereocenters. The maximum absolute atomic E-state index is 5.70. The lowest BCUT2D eigenvalue weighted by Gasteiger charge is -2.12. The summed E-state index contributed by atoms with van der Waals surface area (Å²) in [6.07, 6.45) is 15.5. The van der Waals surface area contributed by atoms with Crippen molar-refractivity contribution in [2.75, 3.05) is 13.2 Å². The maximum Gasteiger partial charge on any atom is 0.0727 e. The number of hydrogen-bond acceptors (Lipinski definition) is 1. The molecule has 1 heteroatoms.